The summed E-state index contributed by atoms with van der Waals surface area (Å²) in [4.78, 5) is 18.4. The van der Waals surface area contributed by atoms with Gasteiger partial charge in [-0.05, 0) is 82.7 Å². The summed E-state index contributed by atoms with van der Waals surface area (Å²) in [6.07, 6.45) is 7.92. The number of hydrogen-bond acceptors (Lipinski definition) is 8. The van der Waals surface area contributed by atoms with Crippen LogP contribution in [0.15, 0.2) is 16.1 Å². The Morgan fingerprint density at radius 2 is 2.08 bits per heavy atom. The number of likely N-dealkylation sites (tertiary alicyclic amines) is 1. The molecule has 1 heterocycles. The number of quaternary nitrogens is 1. The Hall–Kier alpha value is -1.56. The molecule has 5 aliphatic rings. The van der Waals surface area contributed by atoms with Gasteiger partial charge in [0.05, 0.1) is 38.4 Å². The molecule has 40 heavy (non-hydrogen) atoms. The van der Waals surface area contributed by atoms with Crippen molar-refractivity contribution < 1.29 is 29.8 Å². The number of ether oxygens (including phenoxy) is 1. The van der Waals surface area contributed by atoms with Gasteiger partial charge in [-0.2, -0.15) is 0 Å². The minimum Gasteiger partial charge on any atom is -0.545 e. The maximum absolute atomic E-state index is 12.9. The Labute approximate surface area is 238 Å². The molecule has 10 nitrogen and oxygen atoms in total. The molecule has 4 aliphatic carbocycles. The first-order valence-electron chi connectivity index (χ1n) is 15.5. The zero-order chi connectivity index (χ0) is 28.7. The van der Waals surface area contributed by atoms with Gasteiger partial charge in [0.25, 0.3) is 5.96 Å². The molecule has 1 saturated heterocycles. The van der Waals surface area contributed by atoms with Gasteiger partial charge in [-0.15, -0.1) is 0 Å². The van der Waals surface area contributed by atoms with Gasteiger partial charge in [-0.1, -0.05) is 12.5 Å². The monoisotopic (exact) mass is 561 g/mol. The van der Waals surface area contributed by atoms with Crippen LogP contribution in [0, 0.1) is 28.6 Å². The van der Waals surface area contributed by atoms with Gasteiger partial charge in [0.15, 0.2) is 0 Å². The molecule has 4 fully saturated rings. The van der Waals surface area contributed by atoms with Gasteiger partial charge >= 0.3 is 0 Å². The van der Waals surface area contributed by atoms with E-state index < -0.39 is 17.0 Å². The lowest BCUT2D eigenvalue weighted by Crippen LogP contribution is -3.19. The van der Waals surface area contributed by atoms with Crippen LogP contribution >= 0.6 is 0 Å². The maximum atomic E-state index is 12.9. The number of rotatable bonds is 9. The van der Waals surface area contributed by atoms with E-state index in [2.05, 4.69) is 22.5 Å². The van der Waals surface area contributed by atoms with Crippen molar-refractivity contribution in [3.8, 4) is 0 Å². The number of aliphatic imine (C=N–C) groups is 1. The minimum atomic E-state index is -1.59. The molecule has 2 bridgehead atoms. The first-order chi connectivity index (χ1) is 19.2. The number of carboxylic acids is 1. The van der Waals surface area contributed by atoms with Crippen molar-refractivity contribution >= 4 is 11.9 Å². The maximum Gasteiger partial charge on any atom is 0.293 e. The number of nitrogens with one attached hydrogen (secondary N) is 3. The van der Waals surface area contributed by atoms with Crippen LogP contribution in [-0.4, -0.2) is 93.4 Å². The molecule has 0 amide bonds. The van der Waals surface area contributed by atoms with Crippen LogP contribution in [0.2, 0.25) is 0 Å². The molecule has 226 valence electrons. The van der Waals surface area contributed by atoms with Crippen molar-refractivity contribution in [3.63, 3.8) is 0 Å². The number of aliphatic hydroxyl groups is 2. The fourth-order valence-electron chi connectivity index (χ4n) is 10.1. The molecule has 10 heteroatoms. The number of allylic oxidation sites excluding steroid dienone is 1. The summed E-state index contributed by atoms with van der Waals surface area (Å²) in [7, 11) is 3.70. The first-order valence-corrected chi connectivity index (χ1v) is 15.5. The van der Waals surface area contributed by atoms with Crippen LogP contribution in [0.25, 0.3) is 0 Å². The molecule has 0 aromatic heterocycles. The molecule has 2 spiro atoms. The van der Waals surface area contributed by atoms with E-state index in [9.17, 15) is 20.1 Å². The highest BCUT2D eigenvalue weighted by molar-refractivity contribution is 5.90. The topological polar surface area (TPSA) is 157 Å². The predicted octanol–water partition coefficient (Wildman–Crippen LogP) is -1.43. The highest BCUT2D eigenvalue weighted by Crippen LogP contribution is 2.76. The average molecular weight is 562 g/mol. The quantitative estimate of drug-likeness (QED) is 0.114. The molecule has 9 unspecified atom stereocenters. The Kier molecular flexibility index (Phi) is 8.68. The molecular weight excluding hydrogens is 510 g/mol. The number of guanidine groups is 1. The SMILES string of the molecule is CN=C(N)[NH+]1CCC(CNCCO)C2(C1)C1CCC(C)C23CC(O)(COC2CCCC(NC)C2)C(C(=O)[O-])=C3C1. The Morgan fingerprint density at radius 1 is 1.27 bits per heavy atom. The van der Waals surface area contributed by atoms with Gasteiger partial charge in [0.1, 0.15) is 5.60 Å². The number of carbonyl (C=O) groups is 1. The number of carbonyl (C=O) groups excluding carboxylic acids is 1. The van der Waals surface area contributed by atoms with Crippen LogP contribution in [-0.2, 0) is 9.53 Å². The zero-order valence-corrected chi connectivity index (χ0v) is 24.6. The Morgan fingerprint density at radius 3 is 2.77 bits per heavy atom. The van der Waals surface area contributed by atoms with E-state index >= 15 is 0 Å². The highest BCUT2D eigenvalue weighted by Gasteiger charge is 2.75. The van der Waals surface area contributed by atoms with Gasteiger partial charge in [-0.3, -0.25) is 4.90 Å². The Bertz CT molecular complexity index is 1020. The summed E-state index contributed by atoms with van der Waals surface area (Å²) in [6.45, 7) is 5.21. The van der Waals surface area contributed by atoms with Gasteiger partial charge in [0.2, 0.25) is 0 Å². The van der Waals surface area contributed by atoms with Crippen molar-refractivity contribution in [2.24, 2.45) is 39.3 Å². The normalized spacial score (nSPS) is 43.4. The number of aliphatic hydroxyl groups excluding tert-OH is 1. The summed E-state index contributed by atoms with van der Waals surface area (Å²) in [5.41, 5.74) is 5.13. The molecule has 7 N–H and O–H groups in total. The van der Waals surface area contributed by atoms with E-state index in [0.29, 0.717) is 37.3 Å². The summed E-state index contributed by atoms with van der Waals surface area (Å²) >= 11 is 0. The van der Waals surface area contributed by atoms with E-state index in [0.717, 1.165) is 75.1 Å². The number of carboxylic acid groups (broad SMARTS) is 1. The summed E-state index contributed by atoms with van der Waals surface area (Å²) < 4.78 is 6.38. The largest absolute Gasteiger partial charge is 0.545 e. The molecule has 1 aliphatic heterocycles. The predicted molar refractivity (Wildman–Crippen MR) is 150 cm³/mol. The number of nitrogens with zero attached hydrogens (tertiary/aromatic N) is 1. The average Bonchev–Trinajstić information content (AvgIpc) is 3.30. The number of piperidine rings is 1. The smallest absolute Gasteiger partial charge is 0.293 e. The molecule has 9 atom stereocenters. The molecule has 3 saturated carbocycles. The molecule has 0 aromatic carbocycles. The number of nitrogens with two attached hydrogens (primary N) is 1. The first kappa shape index (κ1) is 29.9. The lowest BCUT2D eigenvalue weighted by Gasteiger charge is -2.60. The molecular formula is C30H51N5O5. The van der Waals surface area contributed by atoms with Crippen molar-refractivity contribution in [2.75, 3.05) is 53.5 Å². The lowest BCUT2D eigenvalue weighted by atomic mass is 9.45. The van der Waals surface area contributed by atoms with E-state index in [1.54, 1.807) is 7.05 Å². The highest BCUT2D eigenvalue weighted by atomic mass is 16.5. The van der Waals surface area contributed by atoms with E-state index in [1.165, 1.54) is 0 Å². The fourth-order valence-corrected chi connectivity index (χ4v) is 10.1. The number of aliphatic carboxylic acids is 1. The van der Waals surface area contributed by atoms with Crippen molar-refractivity contribution in [3.05, 3.63) is 11.1 Å². The summed E-state index contributed by atoms with van der Waals surface area (Å²) in [5.74, 6) is 0.100. The fraction of sp³-hybridized carbons (Fsp3) is 0.867. The second kappa shape index (κ2) is 11.6. The second-order valence-electron chi connectivity index (χ2n) is 13.4. The van der Waals surface area contributed by atoms with Crippen LogP contribution in [0.1, 0.15) is 64.7 Å². The van der Waals surface area contributed by atoms with Gasteiger partial charge in [-0.25, -0.2) is 4.99 Å². The van der Waals surface area contributed by atoms with Gasteiger partial charge in [0, 0.05) is 42.5 Å². The third kappa shape index (κ3) is 4.63. The molecule has 0 radical (unpaired) electrons. The minimum absolute atomic E-state index is 0.00253. The van der Waals surface area contributed by atoms with Crippen LogP contribution in [0.4, 0.5) is 0 Å². The van der Waals surface area contributed by atoms with Crippen molar-refractivity contribution in [2.45, 2.75) is 82.5 Å². The summed E-state index contributed by atoms with van der Waals surface area (Å²) in [6, 6.07) is 0.380. The van der Waals surface area contributed by atoms with Crippen LogP contribution < -0.4 is 26.4 Å². The molecule has 5 rings (SSSR count). The van der Waals surface area contributed by atoms with E-state index in [1.807, 2.05) is 7.05 Å². The van der Waals surface area contributed by atoms with Crippen molar-refractivity contribution in [1.29, 1.82) is 0 Å². The van der Waals surface area contributed by atoms with Crippen LogP contribution in [0.3, 0.4) is 0 Å². The second-order valence-corrected chi connectivity index (χ2v) is 13.4. The Balaban J connectivity index is 1.55. The lowest BCUT2D eigenvalue weighted by molar-refractivity contribution is -0.828. The number of hydrogen-bond donors (Lipinski definition) is 6. The summed E-state index contributed by atoms with van der Waals surface area (Å²) in [5, 5.41) is 41.5. The zero-order valence-electron chi connectivity index (χ0n) is 24.6. The molecule has 0 aromatic rings. The van der Waals surface area contributed by atoms with Gasteiger partial charge < -0.3 is 41.2 Å². The van der Waals surface area contributed by atoms with E-state index in [-0.39, 0.29) is 42.1 Å². The van der Waals surface area contributed by atoms with Crippen LogP contribution in [0.5, 0.6) is 0 Å². The van der Waals surface area contributed by atoms with E-state index in [4.69, 9.17) is 10.5 Å². The van der Waals surface area contributed by atoms with Crippen molar-refractivity contribution in [1.82, 2.24) is 10.6 Å². The standard InChI is InChI=1S/C30H51N5O5/c1-19-7-8-20-13-24-25(26(37)38)28(39,18-40-23-6-4-5-22(14-23)32-2)16-29(19,24)30(20)17-35(27(31)33-3)11-9-21(30)15-34-10-12-36/h19-23,32,34,36,39H,4-18H2,1-3H3,(H2,31,33)(H,37,38). The third-order valence-corrected chi connectivity index (χ3v) is 11.8. The third-order valence-electron chi connectivity index (χ3n) is 11.8.